The second-order valence-corrected chi connectivity index (χ2v) is 4.28. The largest absolute Gasteiger partial charge is 0.463 e. The van der Waals surface area contributed by atoms with Crippen LogP contribution in [0.25, 0.3) is 0 Å². The zero-order valence-electron chi connectivity index (χ0n) is 9.79. The van der Waals surface area contributed by atoms with E-state index in [1.165, 1.54) is 12.8 Å². The molecule has 0 amide bonds. The van der Waals surface area contributed by atoms with Crippen molar-refractivity contribution in [3.63, 3.8) is 0 Å². The van der Waals surface area contributed by atoms with E-state index in [0.717, 1.165) is 19.0 Å². The Bertz CT molecular complexity index is 230. The molecule has 1 aliphatic heterocycles. The van der Waals surface area contributed by atoms with E-state index < -0.39 is 0 Å². The van der Waals surface area contributed by atoms with Gasteiger partial charge in [0.1, 0.15) is 0 Å². The minimum atomic E-state index is -0.254. The van der Waals surface area contributed by atoms with Crippen LogP contribution in [0.1, 0.15) is 26.7 Å². The molecule has 0 spiro atoms. The molecule has 0 unspecified atom stereocenters. The summed E-state index contributed by atoms with van der Waals surface area (Å²) in [6, 6.07) is 0. The SMILES string of the molecule is C=C(CN1CCC(C)CC1)C(=O)OCC. The number of nitrogens with zero attached hydrogens (tertiary/aromatic N) is 1. The number of carbonyl (C=O) groups excluding carboxylic acids is 1. The first-order valence-corrected chi connectivity index (χ1v) is 5.70. The topological polar surface area (TPSA) is 29.5 Å². The highest BCUT2D eigenvalue weighted by molar-refractivity contribution is 5.88. The van der Waals surface area contributed by atoms with Gasteiger partial charge in [0.2, 0.25) is 0 Å². The number of esters is 1. The van der Waals surface area contributed by atoms with Crippen LogP contribution in [0.4, 0.5) is 0 Å². The summed E-state index contributed by atoms with van der Waals surface area (Å²) < 4.78 is 4.90. The Morgan fingerprint density at radius 2 is 2.07 bits per heavy atom. The van der Waals surface area contributed by atoms with Crippen molar-refractivity contribution < 1.29 is 9.53 Å². The van der Waals surface area contributed by atoms with Gasteiger partial charge in [-0.2, -0.15) is 0 Å². The molecule has 3 nitrogen and oxygen atoms in total. The molecule has 1 fully saturated rings. The van der Waals surface area contributed by atoms with E-state index >= 15 is 0 Å². The monoisotopic (exact) mass is 211 g/mol. The summed E-state index contributed by atoms with van der Waals surface area (Å²) >= 11 is 0. The summed E-state index contributed by atoms with van der Waals surface area (Å²) in [7, 11) is 0. The predicted molar refractivity (Wildman–Crippen MR) is 60.6 cm³/mol. The maximum atomic E-state index is 11.3. The van der Waals surface area contributed by atoms with Crippen LogP contribution in [-0.4, -0.2) is 37.1 Å². The van der Waals surface area contributed by atoms with Gasteiger partial charge in [-0.1, -0.05) is 13.5 Å². The summed E-state index contributed by atoms with van der Waals surface area (Å²) in [4.78, 5) is 13.6. The zero-order valence-corrected chi connectivity index (χ0v) is 9.79. The average molecular weight is 211 g/mol. The third-order valence-corrected chi connectivity index (χ3v) is 2.85. The van der Waals surface area contributed by atoms with Gasteiger partial charge in [0.25, 0.3) is 0 Å². The lowest BCUT2D eigenvalue weighted by Crippen LogP contribution is -2.35. The minimum absolute atomic E-state index is 0.254. The molecule has 0 aromatic heterocycles. The zero-order chi connectivity index (χ0) is 11.3. The number of carbonyl (C=O) groups is 1. The van der Waals surface area contributed by atoms with Crippen LogP contribution in [0.15, 0.2) is 12.2 Å². The minimum Gasteiger partial charge on any atom is -0.463 e. The average Bonchev–Trinajstić information content (AvgIpc) is 2.22. The molecule has 0 aromatic rings. The van der Waals surface area contributed by atoms with E-state index in [0.29, 0.717) is 18.7 Å². The van der Waals surface area contributed by atoms with Crippen molar-refractivity contribution in [2.24, 2.45) is 5.92 Å². The highest BCUT2D eigenvalue weighted by Gasteiger charge is 2.18. The van der Waals surface area contributed by atoms with Crippen molar-refractivity contribution >= 4 is 5.97 Å². The van der Waals surface area contributed by atoms with Crippen molar-refractivity contribution in [2.45, 2.75) is 26.7 Å². The van der Waals surface area contributed by atoms with Crippen molar-refractivity contribution in [1.82, 2.24) is 4.90 Å². The number of rotatable bonds is 4. The molecule has 0 radical (unpaired) electrons. The fraction of sp³-hybridized carbons (Fsp3) is 0.750. The Kier molecular flexibility index (Phi) is 4.82. The molecule has 15 heavy (non-hydrogen) atoms. The third kappa shape index (κ3) is 4.04. The number of hydrogen-bond acceptors (Lipinski definition) is 3. The van der Waals surface area contributed by atoms with E-state index in [2.05, 4.69) is 18.4 Å². The highest BCUT2D eigenvalue weighted by atomic mass is 16.5. The highest BCUT2D eigenvalue weighted by Crippen LogP contribution is 2.16. The van der Waals surface area contributed by atoms with Crippen LogP contribution >= 0.6 is 0 Å². The molecule has 1 saturated heterocycles. The maximum Gasteiger partial charge on any atom is 0.334 e. The van der Waals surface area contributed by atoms with Crippen LogP contribution < -0.4 is 0 Å². The standard InChI is InChI=1S/C12H21NO2/c1-4-15-12(14)11(3)9-13-7-5-10(2)6-8-13/h10H,3-9H2,1-2H3. The molecule has 0 atom stereocenters. The fourth-order valence-corrected chi connectivity index (χ4v) is 1.79. The molecule has 1 heterocycles. The first-order valence-electron chi connectivity index (χ1n) is 5.70. The van der Waals surface area contributed by atoms with E-state index in [1.807, 2.05) is 6.92 Å². The van der Waals surface area contributed by atoms with Gasteiger partial charge in [-0.25, -0.2) is 4.79 Å². The molecule has 0 aromatic carbocycles. The molecule has 3 heteroatoms. The van der Waals surface area contributed by atoms with Crippen molar-refractivity contribution in [1.29, 1.82) is 0 Å². The molecular weight excluding hydrogens is 190 g/mol. The molecule has 86 valence electrons. The van der Waals surface area contributed by atoms with Crippen molar-refractivity contribution in [2.75, 3.05) is 26.2 Å². The van der Waals surface area contributed by atoms with E-state index in [4.69, 9.17) is 4.74 Å². The lowest BCUT2D eigenvalue weighted by atomic mass is 9.99. The van der Waals surface area contributed by atoms with Gasteiger partial charge in [0, 0.05) is 12.1 Å². The number of piperidine rings is 1. The van der Waals surface area contributed by atoms with E-state index in [1.54, 1.807) is 0 Å². The van der Waals surface area contributed by atoms with Crippen LogP contribution in [-0.2, 0) is 9.53 Å². The Labute approximate surface area is 92.1 Å². The maximum absolute atomic E-state index is 11.3. The quantitative estimate of drug-likeness (QED) is 0.525. The Morgan fingerprint density at radius 3 is 2.60 bits per heavy atom. The third-order valence-electron chi connectivity index (χ3n) is 2.85. The number of ether oxygens (including phenoxy) is 1. The normalized spacial score (nSPS) is 18.8. The first-order chi connectivity index (χ1) is 7.13. The smallest absolute Gasteiger partial charge is 0.334 e. The lowest BCUT2D eigenvalue weighted by Gasteiger charge is -2.30. The molecule has 1 rings (SSSR count). The van der Waals surface area contributed by atoms with Gasteiger partial charge in [0.05, 0.1) is 6.61 Å². The van der Waals surface area contributed by atoms with E-state index in [-0.39, 0.29) is 5.97 Å². The van der Waals surface area contributed by atoms with Gasteiger partial charge in [-0.3, -0.25) is 4.90 Å². The molecule has 0 bridgehead atoms. The molecule has 0 saturated carbocycles. The first kappa shape index (κ1) is 12.2. The van der Waals surface area contributed by atoms with Crippen LogP contribution in [0.3, 0.4) is 0 Å². The number of likely N-dealkylation sites (tertiary alicyclic amines) is 1. The lowest BCUT2D eigenvalue weighted by molar-refractivity contribution is -0.138. The Morgan fingerprint density at radius 1 is 1.47 bits per heavy atom. The van der Waals surface area contributed by atoms with Crippen molar-refractivity contribution in [3.05, 3.63) is 12.2 Å². The van der Waals surface area contributed by atoms with Gasteiger partial charge in [0.15, 0.2) is 0 Å². The molecule has 0 N–H and O–H groups in total. The van der Waals surface area contributed by atoms with E-state index in [9.17, 15) is 4.79 Å². The Hall–Kier alpha value is -0.830. The fourth-order valence-electron chi connectivity index (χ4n) is 1.79. The van der Waals surface area contributed by atoms with Crippen LogP contribution in [0.2, 0.25) is 0 Å². The van der Waals surface area contributed by atoms with Crippen LogP contribution in [0, 0.1) is 5.92 Å². The summed E-state index contributed by atoms with van der Waals surface area (Å²) in [5.41, 5.74) is 0.575. The number of hydrogen-bond donors (Lipinski definition) is 0. The van der Waals surface area contributed by atoms with Crippen molar-refractivity contribution in [3.8, 4) is 0 Å². The summed E-state index contributed by atoms with van der Waals surface area (Å²) in [5, 5.41) is 0. The second kappa shape index (κ2) is 5.91. The molecule has 1 aliphatic rings. The molecular formula is C12H21NO2. The Balaban J connectivity index is 2.29. The van der Waals surface area contributed by atoms with Crippen LogP contribution in [0.5, 0.6) is 0 Å². The summed E-state index contributed by atoms with van der Waals surface area (Å²) in [5.74, 6) is 0.563. The van der Waals surface area contributed by atoms with Gasteiger partial charge < -0.3 is 4.74 Å². The van der Waals surface area contributed by atoms with Gasteiger partial charge in [-0.15, -0.1) is 0 Å². The van der Waals surface area contributed by atoms with Gasteiger partial charge in [-0.05, 0) is 38.8 Å². The van der Waals surface area contributed by atoms with Gasteiger partial charge >= 0.3 is 5.97 Å². The summed E-state index contributed by atoms with van der Waals surface area (Å²) in [6.45, 7) is 11.1. The predicted octanol–water partition coefficient (Wildman–Crippen LogP) is 1.84. The summed E-state index contributed by atoms with van der Waals surface area (Å²) in [6.07, 6.45) is 2.44. The molecule has 0 aliphatic carbocycles. The second-order valence-electron chi connectivity index (χ2n) is 4.28.